The van der Waals surface area contributed by atoms with E-state index in [1.807, 2.05) is 6.08 Å². The number of aliphatic hydroxyl groups is 3. The topological polar surface area (TPSA) is 94.8 Å². The van der Waals surface area contributed by atoms with E-state index in [9.17, 15) is 24.9 Å². The van der Waals surface area contributed by atoms with Crippen molar-refractivity contribution in [2.24, 2.45) is 16.7 Å². The second kappa shape index (κ2) is 5.35. The van der Waals surface area contributed by atoms with Gasteiger partial charge in [-0.05, 0) is 38.3 Å². The number of carbonyl (C=O) groups is 2. The van der Waals surface area contributed by atoms with Crippen LogP contribution < -0.4 is 0 Å². The summed E-state index contributed by atoms with van der Waals surface area (Å²) in [6.45, 7) is 3.09. The molecule has 0 aromatic heterocycles. The third-order valence-corrected chi connectivity index (χ3v) is 7.16. The molecule has 5 atom stereocenters. The first-order chi connectivity index (χ1) is 12.2. The Morgan fingerprint density at radius 2 is 2.04 bits per heavy atom. The van der Waals surface area contributed by atoms with Crippen molar-refractivity contribution in [3.05, 3.63) is 47.1 Å². The summed E-state index contributed by atoms with van der Waals surface area (Å²) in [6.07, 6.45) is 9.53. The summed E-state index contributed by atoms with van der Waals surface area (Å²) in [7, 11) is 0. The first-order valence-electron chi connectivity index (χ1n) is 9.10. The lowest BCUT2D eigenvalue weighted by atomic mass is 9.53. The molecule has 5 heteroatoms. The lowest BCUT2D eigenvalue weighted by Gasteiger charge is -2.51. The van der Waals surface area contributed by atoms with E-state index in [-0.39, 0.29) is 17.1 Å². The number of aliphatic hydroxyl groups excluding tert-OH is 2. The number of hydrogen-bond donors (Lipinski definition) is 3. The molecule has 5 nitrogen and oxygen atoms in total. The fraction of sp³-hybridized carbons (Fsp3) is 0.524. The molecule has 3 N–H and O–H groups in total. The second-order valence-corrected chi connectivity index (χ2v) is 8.31. The minimum Gasteiger partial charge on any atom is -0.388 e. The van der Waals surface area contributed by atoms with Crippen LogP contribution in [0.1, 0.15) is 33.1 Å². The number of hydrogen-bond acceptors (Lipinski definition) is 5. The predicted molar refractivity (Wildman–Crippen MR) is 95.0 cm³/mol. The van der Waals surface area contributed by atoms with Gasteiger partial charge in [0.25, 0.3) is 0 Å². The molecular formula is C21H24O5. The van der Waals surface area contributed by atoms with Crippen LogP contribution in [0.5, 0.6) is 0 Å². The fourth-order valence-electron chi connectivity index (χ4n) is 5.54. The molecule has 26 heavy (non-hydrogen) atoms. The molecule has 1 saturated carbocycles. The zero-order valence-corrected chi connectivity index (χ0v) is 15.0. The average molecular weight is 356 g/mol. The van der Waals surface area contributed by atoms with E-state index in [1.165, 1.54) is 0 Å². The summed E-state index contributed by atoms with van der Waals surface area (Å²) < 4.78 is 0. The van der Waals surface area contributed by atoms with Crippen LogP contribution >= 0.6 is 0 Å². The monoisotopic (exact) mass is 356 g/mol. The highest BCUT2D eigenvalue weighted by molar-refractivity contribution is 6.01. The molecule has 4 rings (SSSR count). The Balaban J connectivity index is 1.83. The summed E-state index contributed by atoms with van der Waals surface area (Å²) in [5.41, 5.74) is -0.156. The molecule has 0 saturated heterocycles. The molecule has 138 valence electrons. The van der Waals surface area contributed by atoms with Crippen LogP contribution in [0.4, 0.5) is 0 Å². The zero-order chi connectivity index (χ0) is 18.9. The number of ketones is 2. The van der Waals surface area contributed by atoms with Crippen molar-refractivity contribution in [3.8, 4) is 0 Å². The van der Waals surface area contributed by atoms with Crippen LogP contribution in [0.15, 0.2) is 47.1 Å². The highest BCUT2D eigenvalue weighted by Gasteiger charge is 2.64. The smallest absolute Gasteiger partial charge is 0.193 e. The summed E-state index contributed by atoms with van der Waals surface area (Å²) >= 11 is 0. The van der Waals surface area contributed by atoms with E-state index in [0.717, 1.165) is 29.6 Å². The van der Waals surface area contributed by atoms with Crippen LogP contribution in [-0.2, 0) is 9.59 Å². The molecule has 0 aromatic rings. The van der Waals surface area contributed by atoms with Crippen LogP contribution in [-0.4, -0.2) is 45.2 Å². The van der Waals surface area contributed by atoms with Crippen molar-refractivity contribution in [1.82, 2.24) is 0 Å². The Morgan fingerprint density at radius 1 is 1.31 bits per heavy atom. The van der Waals surface area contributed by atoms with E-state index in [1.54, 1.807) is 25.2 Å². The van der Waals surface area contributed by atoms with E-state index >= 15 is 0 Å². The molecule has 0 heterocycles. The lowest BCUT2D eigenvalue weighted by molar-refractivity contribution is -0.164. The first-order valence-corrected chi connectivity index (χ1v) is 9.10. The molecule has 0 unspecified atom stereocenters. The third-order valence-electron chi connectivity index (χ3n) is 7.16. The van der Waals surface area contributed by atoms with Gasteiger partial charge in [0.2, 0.25) is 0 Å². The maximum absolute atomic E-state index is 12.3. The van der Waals surface area contributed by atoms with Gasteiger partial charge in [-0.3, -0.25) is 9.59 Å². The molecule has 4 aliphatic rings. The van der Waals surface area contributed by atoms with Crippen molar-refractivity contribution < 1.29 is 24.9 Å². The van der Waals surface area contributed by atoms with E-state index < -0.39 is 29.5 Å². The van der Waals surface area contributed by atoms with Gasteiger partial charge in [-0.1, -0.05) is 41.9 Å². The van der Waals surface area contributed by atoms with Gasteiger partial charge in [0.1, 0.15) is 12.7 Å². The Hall–Kier alpha value is -1.82. The maximum Gasteiger partial charge on any atom is 0.193 e. The van der Waals surface area contributed by atoms with Gasteiger partial charge in [0.05, 0.1) is 0 Å². The molecule has 0 radical (unpaired) electrons. The number of rotatable bonds is 2. The van der Waals surface area contributed by atoms with Gasteiger partial charge < -0.3 is 15.3 Å². The highest BCUT2D eigenvalue weighted by atomic mass is 16.4. The number of carbonyl (C=O) groups excluding carboxylic acids is 2. The largest absolute Gasteiger partial charge is 0.388 e. The molecular weight excluding hydrogens is 332 g/mol. The molecule has 0 spiro atoms. The SMILES string of the molecule is C[C@]12C=CC(=O)C=C1CC[C@@H]1C2=CC[C@@]2(C)C1=C[C@@H](O)[C@]2(O)C(=O)CO. The fourth-order valence-corrected chi connectivity index (χ4v) is 5.54. The third kappa shape index (κ3) is 1.91. The number of allylic oxidation sites excluding steroid dienone is 6. The van der Waals surface area contributed by atoms with Crippen LogP contribution in [0, 0.1) is 16.7 Å². The van der Waals surface area contributed by atoms with Crippen molar-refractivity contribution in [2.45, 2.75) is 44.8 Å². The molecule has 1 fully saturated rings. The number of fused-ring (bicyclic) bond motifs is 5. The Kier molecular flexibility index (Phi) is 3.62. The molecule has 0 aromatic carbocycles. The maximum atomic E-state index is 12.3. The Labute approximate surface area is 152 Å². The second-order valence-electron chi connectivity index (χ2n) is 8.31. The summed E-state index contributed by atoms with van der Waals surface area (Å²) in [5.74, 6) is -0.735. The summed E-state index contributed by atoms with van der Waals surface area (Å²) in [6, 6.07) is 0. The zero-order valence-electron chi connectivity index (χ0n) is 15.0. The quantitative estimate of drug-likeness (QED) is 0.650. The minimum absolute atomic E-state index is 0.00363. The molecule has 0 bridgehead atoms. The van der Waals surface area contributed by atoms with E-state index in [4.69, 9.17) is 0 Å². The van der Waals surface area contributed by atoms with Crippen molar-refractivity contribution >= 4 is 11.6 Å². The average Bonchev–Trinajstić information content (AvgIpc) is 2.83. The normalized spacial score (nSPS) is 43.7. The lowest BCUT2D eigenvalue weighted by Crippen LogP contribution is -2.59. The van der Waals surface area contributed by atoms with Gasteiger partial charge in [-0.2, -0.15) is 0 Å². The molecule has 4 aliphatic carbocycles. The van der Waals surface area contributed by atoms with Crippen molar-refractivity contribution in [3.63, 3.8) is 0 Å². The predicted octanol–water partition coefficient (Wildman–Crippen LogP) is 1.40. The Morgan fingerprint density at radius 3 is 2.73 bits per heavy atom. The molecule has 0 amide bonds. The standard InChI is InChI=1S/C21H24O5/c1-19-7-5-13(23)9-12(19)3-4-14-15(19)6-8-20(2)16(14)10-17(24)21(20,26)18(25)11-22/h5-7,9-10,14,17,22,24,26H,3-4,8,11H2,1-2H3/t14-,17-,19+,20+,21+/m1/s1. The van der Waals surface area contributed by atoms with Crippen LogP contribution in [0.2, 0.25) is 0 Å². The first kappa shape index (κ1) is 17.6. The summed E-state index contributed by atoms with van der Waals surface area (Å²) in [4.78, 5) is 24.1. The van der Waals surface area contributed by atoms with E-state index in [0.29, 0.717) is 6.42 Å². The van der Waals surface area contributed by atoms with Gasteiger partial charge in [0.15, 0.2) is 17.2 Å². The van der Waals surface area contributed by atoms with Crippen molar-refractivity contribution in [2.75, 3.05) is 6.61 Å². The van der Waals surface area contributed by atoms with Crippen LogP contribution in [0.25, 0.3) is 0 Å². The van der Waals surface area contributed by atoms with Gasteiger partial charge in [-0.25, -0.2) is 0 Å². The highest BCUT2D eigenvalue weighted by Crippen LogP contribution is 2.62. The minimum atomic E-state index is -2.01. The van der Waals surface area contributed by atoms with Gasteiger partial charge in [-0.15, -0.1) is 0 Å². The molecule has 0 aliphatic heterocycles. The number of Topliss-reactive ketones (excluding diaryl/α,β-unsaturated/α-hetero) is 1. The van der Waals surface area contributed by atoms with Crippen molar-refractivity contribution in [1.29, 1.82) is 0 Å². The Bertz CT molecular complexity index is 831. The van der Waals surface area contributed by atoms with Crippen LogP contribution in [0.3, 0.4) is 0 Å². The van der Waals surface area contributed by atoms with E-state index in [2.05, 4.69) is 13.0 Å². The summed E-state index contributed by atoms with van der Waals surface area (Å²) in [5, 5.41) is 30.9. The van der Waals surface area contributed by atoms with Gasteiger partial charge in [0, 0.05) is 16.7 Å². The van der Waals surface area contributed by atoms with Gasteiger partial charge >= 0.3 is 0 Å².